The van der Waals surface area contributed by atoms with Gasteiger partial charge in [-0.25, -0.2) is 0 Å². The van der Waals surface area contributed by atoms with Crippen molar-refractivity contribution in [3.05, 3.63) is 0 Å². The van der Waals surface area contributed by atoms with Crippen LogP contribution in [0.4, 0.5) is 0 Å². The second-order valence-corrected chi connectivity index (χ2v) is 6.20. The second-order valence-electron chi connectivity index (χ2n) is 6.20. The molecule has 2 fully saturated rings. The smallest absolute Gasteiger partial charge is 0.307 e. The fourth-order valence-electron chi connectivity index (χ4n) is 3.26. The summed E-state index contributed by atoms with van der Waals surface area (Å²) in [6.07, 6.45) is 5.53. The summed E-state index contributed by atoms with van der Waals surface area (Å²) in [6.45, 7) is 4.12. The maximum Gasteiger partial charge on any atom is 0.307 e. The first kappa shape index (κ1) is 13.4. The number of aliphatic carboxylic acids is 1. The van der Waals surface area contributed by atoms with Crippen molar-refractivity contribution < 1.29 is 14.7 Å². The van der Waals surface area contributed by atoms with E-state index in [1.165, 1.54) is 0 Å². The summed E-state index contributed by atoms with van der Waals surface area (Å²) in [5.41, 5.74) is -0.0789. The van der Waals surface area contributed by atoms with Gasteiger partial charge in [-0.15, -0.1) is 0 Å². The van der Waals surface area contributed by atoms with E-state index in [2.05, 4.69) is 19.2 Å². The molecule has 102 valence electrons. The van der Waals surface area contributed by atoms with Gasteiger partial charge in [0, 0.05) is 5.54 Å². The molecule has 2 saturated carbocycles. The topological polar surface area (TPSA) is 66.4 Å². The Morgan fingerprint density at radius 3 is 2.33 bits per heavy atom. The van der Waals surface area contributed by atoms with Gasteiger partial charge in [0.25, 0.3) is 0 Å². The van der Waals surface area contributed by atoms with Gasteiger partial charge in [-0.3, -0.25) is 9.59 Å². The zero-order valence-electron chi connectivity index (χ0n) is 11.2. The Balaban J connectivity index is 2.01. The maximum absolute atomic E-state index is 12.3. The molecule has 1 amide bonds. The van der Waals surface area contributed by atoms with Crippen LogP contribution in [0.15, 0.2) is 0 Å². The van der Waals surface area contributed by atoms with Crippen molar-refractivity contribution in [1.29, 1.82) is 0 Å². The van der Waals surface area contributed by atoms with E-state index >= 15 is 0 Å². The van der Waals surface area contributed by atoms with E-state index in [0.717, 1.165) is 32.1 Å². The lowest BCUT2D eigenvalue weighted by Gasteiger charge is -2.40. The highest BCUT2D eigenvalue weighted by Gasteiger charge is 2.44. The molecule has 0 aliphatic heterocycles. The van der Waals surface area contributed by atoms with Crippen molar-refractivity contribution in [2.24, 2.45) is 17.8 Å². The van der Waals surface area contributed by atoms with E-state index in [0.29, 0.717) is 12.3 Å². The number of carbonyl (C=O) groups is 2. The molecule has 0 bridgehead atoms. The molecule has 0 saturated heterocycles. The third-order valence-electron chi connectivity index (χ3n) is 4.77. The van der Waals surface area contributed by atoms with Crippen LogP contribution in [-0.2, 0) is 9.59 Å². The van der Waals surface area contributed by atoms with Gasteiger partial charge in [0.05, 0.1) is 11.8 Å². The van der Waals surface area contributed by atoms with E-state index in [9.17, 15) is 14.7 Å². The number of hydrogen-bond donors (Lipinski definition) is 2. The number of hydrogen-bond acceptors (Lipinski definition) is 2. The highest BCUT2D eigenvalue weighted by Crippen LogP contribution is 2.40. The quantitative estimate of drug-likeness (QED) is 0.807. The average Bonchev–Trinajstić information content (AvgIpc) is 2.71. The van der Waals surface area contributed by atoms with Crippen LogP contribution in [0.1, 0.15) is 52.4 Å². The summed E-state index contributed by atoms with van der Waals surface area (Å²) in [5, 5.41) is 12.3. The minimum atomic E-state index is -0.815. The van der Waals surface area contributed by atoms with Crippen molar-refractivity contribution in [3.8, 4) is 0 Å². The Kier molecular flexibility index (Phi) is 3.64. The van der Waals surface area contributed by atoms with Gasteiger partial charge in [0.15, 0.2) is 0 Å². The van der Waals surface area contributed by atoms with Crippen LogP contribution in [0.3, 0.4) is 0 Å². The largest absolute Gasteiger partial charge is 0.481 e. The van der Waals surface area contributed by atoms with E-state index in [-0.39, 0.29) is 17.4 Å². The lowest BCUT2D eigenvalue weighted by atomic mass is 9.78. The molecule has 0 radical (unpaired) electrons. The van der Waals surface area contributed by atoms with Gasteiger partial charge < -0.3 is 10.4 Å². The second kappa shape index (κ2) is 4.90. The Morgan fingerprint density at radius 2 is 1.89 bits per heavy atom. The number of amides is 1. The zero-order chi connectivity index (χ0) is 13.3. The molecule has 2 N–H and O–H groups in total. The van der Waals surface area contributed by atoms with E-state index in [1.54, 1.807) is 0 Å². The summed E-state index contributed by atoms with van der Waals surface area (Å²) in [4.78, 5) is 23.5. The zero-order valence-corrected chi connectivity index (χ0v) is 11.2. The lowest BCUT2D eigenvalue weighted by Crippen LogP contribution is -2.53. The molecule has 2 aliphatic rings. The first-order valence-electron chi connectivity index (χ1n) is 7.00. The van der Waals surface area contributed by atoms with Gasteiger partial charge in [-0.1, -0.05) is 13.3 Å². The van der Waals surface area contributed by atoms with Crippen molar-refractivity contribution >= 4 is 11.9 Å². The van der Waals surface area contributed by atoms with Crippen molar-refractivity contribution in [2.75, 3.05) is 0 Å². The van der Waals surface area contributed by atoms with Crippen LogP contribution >= 0.6 is 0 Å². The van der Waals surface area contributed by atoms with Gasteiger partial charge >= 0.3 is 5.97 Å². The van der Waals surface area contributed by atoms with Crippen molar-refractivity contribution in [2.45, 2.75) is 57.9 Å². The minimum absolute atomic E-state index is 0.0412. The molecule has 4 heteroatoms. The van der Waals surface area contributed by atoms with Gasteiger partial charge in [-0.05, 0) is 44.9 Å². The summed E-state index contributed by atoms with van der Waals surface area (Å²) in [7, 11) is 0. The molecular formula is C14H23NO3. The highest BCUT2D eigenvalue weighted by molar-refractivity contribution is 5.85. The summed E-state index contributed by atoms with van der Waals surface area (Å²) in [6, 6.07) is 0. The summed E-state index contributed by atoms with van der Waals surface area (Å²) in [5.74, 6) is -1.29. The van der Waals surface area contributed by atoms with E-state index in [1.807, 2.05) is 0 Å². The fourth-order valence-corrected chi connectivity index (χ4v) is 3.26. The Labute approximate surface area is 108 Å². The van der Waals surface area contributed by atoms with Crippen LogP contribution in [0, 0.1) is 17.8 Å². The first-order valence-corrected chi connectivity index (χ1v) is 7.00. The minimum Gasteiger partial charge on any atom is -0.481 e. The van der Waals surface area contributed by atoms with Gasteiger partial charge in [0.2, 0.25) is 5.91 Å². The number of nitrogens with one attached hydrogen (secondary N) is 1. The van der Waals surface area contributed by atoms with Crippen LogP contribution < -0.4 is 5.32 Å². The molecule has 4 nitrogen and oxygen atoms in total. The standard InChI is InChI=1S/C14H23NO3/c1-3-9-7-10(11(8-9)13(17)18)12(16)15-14(2)5-4-6-14/h9-11H,3-8H2,1-2H3,(H,15,16)(H,17,18)/t9?,10-,11+/m0/s1. The molecule has 0 heterocycles. The fraction of sp³-hybridized carbons (Fsp3) is 0.857. The SMILES string of the molecule is CCC1C[C@H](C(=O)NC2(C)CCC2)[C@H](C(=O)O)C1. The molecule has 2 aliphatic carbocycles. The normalized spacial score (nSPS) is 33.8. The molecule has 0 aromatic rings. The number of rotatable bonds is 4. The third-order valence-corrected chi connectivity index (χ3v) is 4.77. The lowest BCUT2D eigenvalue weighted by molar-refractivity contribution is -0.146. The molecule has 1 unspecified atom stereocenters. The predicted octanol–water partition coefficient (Wildman–Crippen LogP) is 2.18. The average molecular weight is 253 g/mol. The van der Waals surface area contributed by atoms with Gasteiger partial charge in [-0.2, -0.15) is 0 Å². The van der Waals surface area contributed by atoms with E-state index in [4.69, 9.17) is 0 Å². The molecule has 3 atom stereocenters. The molecule has 0 aromatic heterocycles. The molecular weight excluding hydrogens is 230 g/mol. The first-order chi connectivity index (χ1) is 8.45. The van der Waals surface area contributed by atoms with Crippen LogP contribution in [0.5, 0.6) is 0 Å². The molecule has 18 heavy (non-hydrogen) atoms. The highest BCUT2D eigenvalue weighted by atomic mass is 16.4. The number of carbonyl (C=O) groups excluding carboxylic acids is 1. The Morgan fingerprint density at radius 1 is 1.28 bits per heavy atom. The monoisotopic (exact) mass is 253 g/mol. The predicted molar refractivity (Wildman–Crippen MR) is 68.0 cm³/mol. The number of carboxylic acid groups (broad SMARTS) is 1. The van der Waals surface area contributed by atoms with Crippen molar-refractivity contribution in [3.63, 3.8) is 0 Å². The van der Waals surface area contributed by atoms with Crippen LogP contribution in [0.25, 0.3) is 0 Å². The molecule has 0 aromatic carbocycles. The number of carboxylic acids is 1. The Bertz CT molecular complexity index is 349. The molecule has 2 rings (SSSR count). The van der Waals surface area contributed by atoms with Crippen LogP contribution in [0.2, 0.25) is 0 Å². The maximum atomic E-state index is 12.3. The van der Waals surface area contributed by atoms with E-state index < -0.39 is 11.9 Å². The third kappa shape index (κ3) is 2.52. The summed E-state index contributed by atoms with van der Waals surface area (Å²) < 4.78 is 0. The summed E-state index contributed by atoms with van der Waals surface area (Å²) >= 11 is 0. The van der Waals surface area contributed by atoms with Crippen LogP contribution in [-0.4, -0.2) is 22.5 Å². The van der Waals surface area contributed by atoms with Crippen molar-refractivity contribution in [1.82, 2.24) is 5.32 Å². The van der Waals surface area contributed by atoms with Gasteiger partial charge in [0.1, 0.15) is 0 Å². The molecule has 0 spiro atoms. The Hall–Kier alpha value is -1.06.